The van der Waals surface area contributed by atoms with E-state index in [4.69, 9.17) is 16.9 Å². The van der Waals surface area contributed by atoms with Gasteiger partial charge in [0.1, 0.15) is 16.9 Å². The van der Waals surface area contributed by atoms with Gasteiger partial charge < -0.3 is 0 Å². The van der Waals surface area contributed by atoms with Crippen LogP contribution < -0.4 is 0 Å². The first-order valence-corrected chi connectivity index (χ1v) is 4.18. The Morgan fingerprint density at radius 1 is 1.75 bits per heavy atom. The first-order chi connectivity index (χ1) is 5.76. The lowest BCUT2D eigenvalue weighted by molar-refractivity contribution is 1.04. The van der Waals surface area contributed by atoms with Gasteiger partial charge in [-0.2, -0.15) is 5.26 Å². The van der Waals surface area contributed by atoms with Crippen LogP contribution in [0.2, 0.25) is 0 Å². The fourth-order valence-electron chi connectivity index (χ4n) is 0.964. The van der Waals surface area contributed by atoms with E-state index in [1.165, 1.54) is 5.57 Å². The molecule has 1 aliphatic heterocycles. The van der Waals surface area contributed by atoms with Crippen molar-refractivity contribution in [2.75, 3.05) is 0 Å². The van der Waals surface area contributed by atoms with Crippen LogP contribution in [0.25, 0.3) is 0 Å². The molecule has 0 bridgehead atoms. The highest BCUT2D eigenvalue weighted by Crippen LogP contribution is 2.16. The second-order valence-electron chi connectivity index (χ2n) is 2.50. The molecule has 0 fully saturated rings. The fourth-order valence-corrected chi connectivity index (χ4v) is 1.13. The van der Waals surface area contributed by atoms with Crippen molar-refractivity contribution in [2.24, 2.45) is 4.99 Å². The Kier molecular flexibility index (Phi) is 3.07. The van der Waals surface area contributed by atoms with E-state index in [2.05, 4.69) is 4.99 Å². The van der Waals surface area contributed by atoms with E-state index < -0.39 is 0 Å². The summed E-state index contributed by atoms with van der Waals surface area (Å²) >= 11 is 5.71. The number of aliphatic imine (C=N–C) groups is 1. The smallest absolute Gasteiger partial charge is 0.142 e. The summed E-state index contributed by atoms with van der Waals surface area (Å²) in [5, 5.41) is 9.04. The van der Waals surface area contributed by atoms with Crippen molar-refractivity contribution in [1.29, 1.82) is 5.26 Å². The van der Waals surface area contributed by atoms with Crippen molar-refractivity contribution in [3.63, 3.8) is 0 Å². The lowest BCUT2D eigenvalue weighted by Crippen LogP contribution is -1.88. The van der Waals surface area contributed by atoms with Crippen molar-refractivity contribution < 1.29 is 0 Å². The first-order valence-electron chi connectivity index (χ1n) is 3.80. The summed E-state index contributed by atoms with van der Waals surface area (Å²) in [4.78, 5) is 3.90. The minimum absolute atomic E-state index is 0.394. The lowest BCUT2D eigenvalue weighted by atomic mass is 10.1. The van der Waals surface area contributed by atoms with Gasteiger partial charge in [0.25, 0.3) is 0 Å². The number of hydrogen-bond donors (Lipinski definition) is 0. The van der Waals surface area contributed by atoms with E-state index >= 15 is 0 Å². The molecule has 0 atom stereocenters. The molecule has 0 N–H and O–H groups in total. The number of nitriles is 1. The second kappa shape index (κ2) is 4.08. The Hall–Kier alpha value is -1.07. The summed E-state index contributed by atoms with van der Waals surface area (Å²) in [6.07, 6.45) is 5.35. The summed E-state index contributed by atoms with van der Waals surface area (Å²) in [6, 6.07) is 1.99. The third-order valence-corrected chi connectivity index (χ3v) is 1.91. The Bertz CT molecular complexity index is 305. The van der Waals surface area contributed by atoms with E-state index in [9.17, 15) is 0 Å². The predicted octanol–water partition coefficient (Wildman–Crippen LogP) is 2.77. The largest absolute Gasteiger partial charge is 0.226 e. The monoisotopic (exact) mass is 180 g/mol. The van der Waals surface area contributed by atoms with Gasteiger partial charge in [-0.25, -0.2) is 4.99 Å². The first kappa shape index (κ1) is 9.02. The Balaban J connectivity index is 2.97. The van der Waals surface area contributed by atoms with Crippen LogP contribution in [0.15, 0.2) is 27.9 Å². The maximum absolute atomic E-state index is 8.64. The molecule has 0 saturated carbocycles. The average molecular weight is 181 g/mol. The van der Waals surface area contributed by atoms with E-state index in [1.54, 1.807) is 6.08 Å². The summed E-state index contributed by atoms with van der Waals surface area (Å²) < 4.78 is 0. The van der Waals surface area contributed by atoms with Crippen LogP contribution in [0.3, 0.4) is 0 Å². The molecule has 62 valence electrons. The maximum Gasteiger partial charge on any atom is 0.142 e. The number of rotatable bonds is 1. The van der Waals surface area contributed by atoms with Crippen molar-refractivity contribution in [2.45, 2.75) is 19.8 Å². The summed E-state index contributed by atoms with van der Waals surface area (Å²) in [5.74, 6) is 0. The van der Waals surface area contributed by atoms with Crippen LogP contribution in [0.1, 0.15) is 19.8 Å². The zero-order chi connectivity index (χ0) is 8.97. The number of hydrogen-bond acceptors (Lipinski definition) is 2. The lowest BCUT2D eigenvalue weighted by Gasteiger charge is -1.95. The van der Waals surface area contributed by atoms with Gasteiger partial charge in [0.2, 0.25) is 0 Å². The number of allylic oxidation sites excluding steroid dienone is 3. The van der Waals surface area contributed by atoms with Crippen molar-refractivity contribution >= 4 is 17.3 Å². The number of nitrogens with zero attached hydrogens (tertiary/aromatic N) is 2. The van der Waals surface area contributed by atoms with Crippen LogP contribution in [0.4, 0.5) is 0 Å². The van der Waals surface area contributed by atoms with Gasteiger partial charge >= 0.3 is 0 Å². The third-order valence-electron chi connectivity index (χ3n) is 1.67. The molecule has 0 aliphatic carbocycles. The topological polar surface area (TPSA) is 36.1 Å². The molecule has 0 aromatic carbocycles. The predicted molar refractivity (Wildman–Crippen MR) is 50.0 cm³/mol. The van der Waals surface area contributed by atoms with Gasteiger partial charge in [-0.05, 0) is 25.0 Å². The molecule has 0 saturated heterocycles. The third kappa shape index (κ3) is 2.21. The van der Waals surface area contributed by atoms with Crippen molar-refractivity contribution in [3.05, 3.63) is 22.9 Å². The molecule has 0 amide bonds. The highest BCUT2D eigenvalue weighted by Gasteiger charge is 2.02. The van der Waals surface area contributed by atoms with Gasteiger partial charge in [0.05, 0.1) is 0 Å². The molecule has 2 nitrogen and oxygen atoms in total. The zero-order valence-corrected chi connectivity index (χ0v) is 7.60. The maximum atomic E-state index is 8.64. The second-order valence-corrected chi connectivity index (χ2v) is 2.88. The van der Waals surface area contributed by atoms with Gasteiger partial charge in [0.15, 0.2) is 0 Å². The Labute approximate surface area is 76.9 Å². The van der Waals surface area contributed by atoms with E-state index in [0.29, 0.717) is 10.9 Å². The van der Waals surface area contributed by atoms with Gasteiger partial charge in [-0.3, -0.25) is 0 Å². The van der Waals surface area contributed by atoms with Gasteiger partial charge in [-0.15, -0.1) is 0 Å². The van der Waals surface area contributed by atoms with Crippen molar-refractivity contribution in [3.8, 4) is 6.07 Å². The minimum Gasteiger partial charge on any atom is -0.226 e. The molecule has 0 unspecified atom stereocenters. The molecule has 12 heavy (non-hydrogen) atoms. The van der Waals surface area contributed by atoms with E-state index in [0.717, 1.165) is 12.8 Å². The molecule has 1 rings (SSSR count). The molecule has 0 radical (unpaired) electrons. The summed E-state index contributed by atoms with van der Waals surface area (Å²) in [6.45, 7) is 2.05. The fraction of sp³-hybridized carbons (Fsp3) is 0.333. The zero-order valence-electron chi connectivity index (χ0n) is 6.84. The summed E-state index contributed by atoms with van der Waals surface area (Å²) in [5.41, 5.74) is 1.58. The quantitative estimate of drug-likeness (QED) is 0.572. The van der Waals surface area contributed by atoms with E-state index in [-0.39, 0.29) is 0 Å². The average Bonchev–Trinajstić information content (AvgIpc) is 2.26. The SMILES string of the molecule is CCC1=CC(C#N)=NC(Cl)=CC1. The number of halogens is 1. The molecule has 1 aliphatic rings. The summed E-state index contributed by atoms with van der Waals surface area (Å²) in [7, 11) is 0. The highest BCUT2D eigenvalue weighted by molar-refractivity contribution is 6.30. The molecular formula is C9H9ClN2. The molecule has 0 aromatic rings. The minimum atomic E-state index is 0.394. The van der Waals surface area contributed by atoms with Gasteiger partial charge in [0, 0.05) is 0 Å². The van der Waals surface area contributed by atoms with Crippen LogP contribution in [-0.2, 0) is 0 Å². The van der Waals surface area contributed by atoms with Crippen LogP contribution >= 0.6 is 11.6 Å². The molecule has 1 heterocycles. The normalized spacial score (nSPS) is 16.9. The molecule has 3 heteroatoms. The Morgan fingerprint density at radius 2 is 2.50 bits per heavy atom. The highest BCUT2D eigenvalue weighted by atomic mass is 35.5. The molecule has 0 spiro atoms. The van der Waals surface area contributed by atoms with Gasteiger partial charge in [-0.1, -0.05) is 24.1 Å². The van der Waals surface area contributed by atoms with E-state index in [1.807, 2.05) is 19.1 Å². The molecule has 0 aromatic heterocycles. The van der Waals surface area contributed by atoms with Crippen LogP contribution in [0.5, 0.6) is 0 Å². The standard InChI is InChI=1S/C9H9ClN2/c1-2-7-3-4-9(10)12-8(5-7)6-11/h4-5H,2-3H2,1H3. The van der Waals surface area contributed by atoms with Crippen molar-refractivity contribution in [1.82, 2.24) is 0 Å². The Morgan fingerprint density at radius 3 is 3.08 bits per heavy atom. The molecular weight excluding hydrogens is 172 g/mol. The van der Waals surface area contributed by atoms with Crippen LogP contribution in [-0.4, -0.2) is 5.71 Å². The van der Waals surface area contributed by atoms with Crippen LogP contribution in [0, 0.1) is 11.3 Å².